The number of nitrogens with zero attached hydrogens (tertiary/aromatic N) is 4. The Morgan fingerprint density at radius 2 is 1.96 bits per heavy atom. The molecule has 2 aromatic heterocycles. The normalized spacial score (nSPS) is 15.3. The molecule has 1 aromatic carbocycles. The smallest absolute Gasteiger partial charge is 0.293 e. The molecule has 0 aliphatic carbocycles. The number of hydrogen-bond donors (Lipinski definition) is 0. The minimum absolute atomic E-state index is 0.250. The number of benzene rings is 1. The molecule has 0 saturated carbocycles. The molecule has 7 nitrogen and oxygen atoms in total. The lowest BCUT2D eigenvalue weighted by Gasteiger charge is -2.11. The molecular weight excluding hydrogens is 327 g/mol. The van der Waals surface area contributed by atoms with Crippen molar-refractivity contribution in [3.8, 4) is 5.69 Å². The Morgan fingerprint density at radius 1 is 1.24 bits per heavy atom. The van der Waals surface area contributed by atoms with Crippen LogP contribution in [0.5, 0.6) is 0 Å². The monoisotopic (exact) mass is 344 g/mol. The van der Waals surface area contributed by atoms with Crippen LogP contribution < -0.4 is 5.56 Å². The van der Waals surface area contributed by atoms with Crippen LogP contribution in [-0.4, -0.2) is 39.1 Å². The van der Waals surface area contributed by atoms with Crippen LogP contribution in [0, 0.1) is 12.7 Å². The van der Waals surface area contributed by atoms with Gasteiger partial charge in [0.25, 0.3) is 5.56 Å². The average Bonchev–Trinajstić information content (AvgIpc) is 3.27. The molecule has 0 unspecified atom stereocenters. The minimum atomic E-state index is -0.341. The van der Waals surface area contributed by atoms with Crippen molar-refractivity contribution >= 4 is 10.9 Å². The number of halogens is 1. The molecule has 1 saturated heterocycles. The largest absolute Gasteiger partial charge is 0.350 e. The third-order valence-corrected chi connectivity index (χ3v) is 4.21. The Kier molecular flexibility index (Phi) is 4.06. The molecule has 0 spiro atoms. The molecule has 0 atom stereocenters. The molecule has 130 valence electrons. The van der Waals surface area contributed by atoms with Crippen molar-refractivity contribution in [1.29, 1.82) is 0 Å². The Morgan fingerprint density at radius 3 is 2.68 bits per heavy atom. The second-order valence-corrected chi connectivity index (χ2v) is 5.87. The molecule has 25 heavy (non-hydrogen) atoms. The first-order valence-electron chi connectivity index (χ1n) is 8.08. The van der Waals surface area contributed by atoms with Crippen LogP contribution in [0.2, 0.25) is 0 Å². The first kappa shape index (κ1) is 15.9. The Labute approximate surface area is 142 Å². The third-order valence-electron chi connectivity index (χ3n) is 4.21. The average molecular weight is 344 g/mol. The van der Waals surface area contributed by atoms with E-state index in [2.05, 4.69) is 10.2 Å². The zero-order valence-electron chi connectivity index (χ0n) is 13.7. The summed E-state index contributed by atoms with van der Waals surface area (Å²) in [6.07, 6.45) is 1.85. The number of hydrogen-bond acceptors (Lipinski definition) is 5. The van der Waals surface area contributed by atoms with Gasteiger partial charge in [0.1, 0.15) is 11.3 Å². The molecule has 0 amide bonds. The molecule has 0 N–H and O–H groups in total. The number of aromatic nitrogens is 4. The van der Waals surface area contributed by atoms with Gasteiger partial charge < -0.3 is 9.47 Å². The van der Waals surface area contributed by atoms with Gasteiger partial charge in [-0.1, -0.05) is 0 Å². The van der Waals surface area contributed by atoms with Crippen LogP contribution in [0.3, 0.4) is 0 Å². The summed E-state index contributed by atoms with van der Waals surface area (Å²) in [6.45, 7) is 3.36. The van der Waals surface area contributed by atoms with Gasteiger partial charge in [0.2, 0.25) is 0 Å². The van der Waals surface area contributed by atoms with E-state index in [4.69, 9.17) is 9.47 Å². The van der Waals surface area contributed by atoms with E-state index < -0.39 is 0 Å². The fraction of sp³-hybridized carbons (Fsp3) is 0.353. The second kappa shape index (κ2) is 6.38. The highest BCUT2D eigenvalue weighted by Gasteiger charge is 2.19. The summed E-state index contributed by atoms with van der Waals surface area (Å²) >= 11 is 0. The summed E-state index contributed by atoms with van der Waals surface area (Å²) < 4.78 is 26.9. The van der Waals surface area contributed by atoms with E-state index in [0.717, 1.165) is 0 Å². The van der Waals surface area contributed by atoms with E-state index in [-0.39, 0.29) is 17.7 Å². The van der Waals surface area contributed by atoms with Crippen molar-refractivity contribution in [2.45, 2.75) is 26.2 Å². The highest BCUT2D eigenvalue weighted by atomic mass is 19.1. The summed E-state index contributed by atoms with van der Waals surface area (Å²) in [6, 6.07) is 5.84. The highest BCUT2D eigenvalue weighted by molar-refractivity contribution is 5.81. The first-order valence-corrected chi connectivity index (χ1v) is 8.08. The van der Waals surface area contributed by atoms with E-state index in [1.54, 1.807) is 18.3 Å². The lowest BCUT2D eigenvalue weighted by atomic mass is 10.2. The van der Waals surface area contributed by atoms with Gasteiger partial charge in [-0.3, -0.25) is 4.79 Å². The highest BCUT2D eigenvalue weighted by Crippen LogP contribution is 2.18. The van der Waals surface area contributed by atoms with Gasteiger partial charge in [0.15, 0.2) is 6.29 Å². The molecule has 1 fully saturated rings. The fourth-order valence-electron chi connectivity index (χ4n) is 2.95. The summed E-state index contributed by atoms with van der Waals surface area (Å²) in [7, 11) is 0. The van der Waals surface area contributed by atoms with Crippen LogP contribution in [-0.2, 0) is 16.0 Å². The molecule has 0 radical (unpaired) electrons. The number of fused-ring (bicyclic) bond motifs is 1. The summed E-state index contributed by atoms with van der Waals surface area (Å²) in [5.74, 6) is -0.341. The van der Waals surface area contributed by atoms with Crippen LogP contribution in [0.25, 0.3) is 16.6 Å². The lowest BCUT2D eigenvalue weighted by molar-refractivity contribution is -0.0497. The molecule has 0 bridgehead atoms. The number of ether oxygens (including phenoxy) is 2. The fourth-order valence-corrected chi connectivity index (χ4v) is 2.95. The van der Waals surface area contributed by atoms with E-state index >= 15 is 0 Å². The van der Waals surface area contributed by atoms with Gasteiger partial charge in [0.05, 0.1) is 30.8 Å². The van der Waals surface area contributed by atoms with Crippen molar-refractivity contribution in [3.63, 3.8) is 0 Å². The molecule has 1 aliphatic rings. The number of aryl methyl sites for hydroxylation is 2. The Balaban J connectivity index is 1.75. The van der Waals surface area contributed by atoms with Crippen molar-refractivity contribution in [3.05, 3.63) is 52.3 Å². The molecule has 3 aromatic rings. The van der Waals surface area contributed by atoms with Crippen molar-refractivity contribution in [2.24, 2.45) is 0 Å². The van der Waals surface area contributed by atoms with Gasteiger partial charge in [0, 0.05) is 18.4 Å². The van der Waals surface area contributed by atoms with Crippen molar-refractivity contribution < 1.29 is 13.9 Å². The quantitative estimate of drug-likeness (QED) is 0.722. The lowest BCUT2D eigenvalue weighted by Crippen LogP contribution is -2.27. The van der Waals surface area contributed by atoms with E-state index in [1.807, 2.05) is 6.92 Å². The van der Waals surface area contributed by atoms with Gasteiger partial charge in [-0.05, 0) is 31.2 Å². The maximum Gasteiger partial charge on any atom is 0.293 e. The van der Waals surface area contributed by atoms with Gasteiger partial charge in [-0.2, -0.15) is 10.2 Å². The molecule has 3 heterocycles. The Hall–Kier alpha value is -2.58. The second-order valence-electron chi connectivity index (χ2n) is 5.87. The molecule has 1 aliphatic heterocycles. The number of rotatable bonds is 4. The predicted molar refractivity (Wildman–Crippen MR) is 88.1 cm³/mol. The maximum atomic E-state index is 13.2. The van der Waals surface area contributed by atoms with E-state index in [0.29, 0.717) is 48.5 Å². The molecular formula is C17H17FN4O3. The summed E-state index contributed by atoms with van der Waals surface area (Å²) in [5, 5.41) is 9.33. The maximum absolute atomic E-state index is 13.2. The van der Waals surface area contributed by atoms with Crippen LogP contribution in [0.15, 0.2) is 35.3 Å². The molecule has 8 heteroatoms. The van der Waals surface area contributed by atoms with Gasteiger partial charge in [-0.15, -0.1) is 0 Å². The van der Waals surface area contributed by atoms with Crippen LogP contribution in [0.1, 0.15) is 12.1 Å². The van der Waals surface area contributed by atoms with E-state index in [9.17, 15) is 9.18 Å². The van der Waals surface area contributed by atoms with E-state index in [1.165, 1.54) is 21.5 Å². The topological polar surface area (TPSA) is 71.2 Å². The van der Waals surface area contributed by atoms with Gasteiger partial charge >= 0.3 is 0 Å². The SMILES string of the molecule is Cc1nn(CCC2OCCO2)c(=O)c2c1cnn2-c1ccc(F)cc1. The summed E-state index contributed by atoms with van der Waals surface area (Å²) in [5.41, 5.74) is 1.50. The zero-order chi connectivity index (χ0) is 17.4. The van der Waals surface area contributed by atoms with Crippen LogP contribution in [0.4, 0.5) is 4.39 Å². The van der Waals surface area contributed by atoms with Gasteiger partial charge in [-0.25, -0.2) is 13.8 Å². The summed E-state index contributed by atoms with van der Waals surface area (Å²) in [4.78, 5) is 12.9. The zero-order valence-corrected chi connectivity index (χ0v) is 13.7. The van der Waals surface area contributed by atoms with Crippen molar-refractivity contribution in [1.82, 2.24) is 19.6 Å². The van der Waals surface area contributed by atoms with Crippen LogP contribution >= 0.6 is 0 Å². The Bertz CT molecular complexity index is 958. The first-order chi connectivity index (χ1) is 12.1. The standard InChI is InChI=1S/C17H17FN4O3/c1-11-14-10-19-22(13-4-2-12(18)3-5-13)16(14)17(23)21(20-11)7-6-15-24-8-9-25-15/h2-5,10,15H,6-9H2,1H3. The third kappa shape index (κ3) is 2.94. The van der Waals surface area contributed by atoms with Crippen molar-refractivity contribution in [2.75, 3.05) is 13.2 Å². The minimum Gasteiger partial charge on any atom is -0.350 e. The molecule has 4 rings (SSSR count). The predicted octanol–water partition coefficient (Wildman–Crippen LogP) is 1.79.